The van der Waals surface area contributed by atoms with Crippen LogP contribution in [0.5, 0.6) is 0 Å². The first kappa shape index (κ1) is 15.0. The number of carbonyl (C=O) groups excluding carboxylic acids is 1. The maximum absolute atomic E-state index is 12.3. The van der Waals surface area contributed by atoms with Gasteiger partial charge in [-0.3, -0.25) is 4.79 Å². The Morgan fingerprint density at radius 3 is 2.25 bits per heavy atom. The summed E-state index contributed by atoms with van der Waals surface area (Å²) in [5.41, 5.74) is 1.03. The molecule has 0 saturated carbocycles. The van der Waals surface area contributed by atoms with Crippen molar-refractivity contribution in [1.29, 1.82) is 0 Å². The first-order valence-electron chi connectivity index (χ1n) is 6.38. The van der Waals surface area contributed by atoms with Gasteiger partial charge in [0.2, 0.25) is 10.0 Å². The van der Waals surface area contributed by atoms with E-state index in [2.05, 4.69) is 25.5 Å². The average Bonchev–Trinajstić information content (AvgIpc) is 3.18. The molecule has 0 radical (unpaired) electrons. The molecule has 110 valence electrons. The maximum atomic E-state index is 12.3. The lowest BCUT2D eigenvalue weighted by atomic mass is 9.87. The van der Waals surface area contributed by atoms with Gasteiger partial charge in [0, 0.05) is 6.54 Å². The van der Waals surface area contributed by atoms with Crippen LogP contribution in [0.4, 0.5) is 0 Å². The smallest absolute Gasteiger partial charge is 0.325 e. The molecule has 0 spiro atoms. The highest BCUT2D eigenvalue weighted by atomic mass is 32.2. The molecule has 2 rings (SSSR count). The van der Waals surface area contributed by atoms with E-state index in [4.69, 9.17) is 0 Å². The molecule has 6 heteroatoms. The zero-order valence-corrected chi connectivity index (χ0v) is 12.9. The SMILES string of the molecule is COC(=O)C1CN1S(=O)(=O)c1ccc(C(C)(C)C)cc1. The second kappa shape index (κ2) is 4.86. The van der Waals surface area contributed by atoms with Gasteiger partial charge in [0.25, 0.3) is 0 Å². The number of benzene rings is 1. The Hall–Kier alpha value is -1.40. The summed E-state index contributed by atoms with van der Waals surface area (Å²) in [6, 6.07) is 6.12. The summed E-state index contributed by atoms with van der Waals surface area (Å²) in [4.78, 5) is 11.5. The van der Waals surface area contributed by atoms with Crippen molar-refractivity contribution in [3.8, 4) is 0 Å². The van der Waals surface area contributed by atoms with E-state index in [1.807, 2.05) is 12.1 Å². The molecule has 0 bridgehead atoms. The molecule has 1 aromatic carbocycles. The summed E-state index contributed by atoms with van der Waals surface area (Å²) in [7, 11) is -2.35. The van der Waals surface area contributed by atoms with Gasteiger partial charge in [-0.1, -0.05) is 32.9 Å². The number of sulfonamides is 1. The number of rotatable bonds is 3. The predicted octanol–water partition coefficient (Wildman–Crippen LogP) is 1.53. The van der Waals surface area contributed by atoms with Gasteiger partial charge in [-0.15, -0.1) is 0 Å². The number of methoxy groups -OCH3 is 1. The normalized spacial score (nSPS) is 22.4. The van der Waals surface area contributed by atoms with Crippen molar-refractivity contribution < 1.29 is 17.9 Å². The van der Waals surface area contributed by atoms with Gasteiger partial charge < -0.3 is 4.74 Å². The number of nitrogens with zero attached hydrogens (tertiary/aromatic N) is 1. The topological polar surface area (TPSA) is 63.5 Å². The molecule has 1 aromatic rings. The van der Waals surface area contributed by atoms with Crippen molar-refractivity contribution in [2.75, 3.05) is 13.7 Å². The zero-order chi connectivity index (χ0) is 15.1. The molecule has 2 unspecified atom stereocenters. The van der Waals surface area contributed by atoms with Crippen molar-refractivity contribution in [3.05, 3.63) is 29.8 Å². The van der Waals surface area contributed by atoms with Gasteiger partial charge in [-0.05, 0) is 23.1 Å². The fourth-order valence-electron chi connectivity index (χ4n) is 1.98. The summed E-state index contributed by atoms with van der Waals surface area (Å²) < 4.78 is 30.3. The van der Waals surface area contributed by atoms with Gasteiger partial charge in [-0.2, -0.15) is 4.31 Å². The molecule has 1 aliphatic rings. The first-order valence-corrected chi connectivity index (χ1v) is 7.82. The lowest BCUT2D eigenvalue weighted by molar-refractivity contribution is -0.140. The molecule has 1 fully saturated rings. The lowest BCUT2D eigenvalue weighted by Crippen LogP contribution is -2.20. The Kier molecular flexibility index (Phi) is 3.64. The number of hydrogen-bond acceptors (Lipinski definition) is 4. The molecule has 5 nitrogen and oxygen atoms in total. The third kappa shape index (κ3) is 2.71. The molecule has 2 atom stereocenters. The molecule has 0 aromatic heterocycles. The van der Waals surface area contributed by atoms with Crippen molar-refractivity contribution in [2.24, 2.45) is 0 Å². The molecule has 0 amide bonds. The van der Waals surface area contributed by atoms with E-state index in [0.717, 1.165) is 9.87 Å². The van der Waals surface area contributed by atoms with Crippen LogP contribution in [0, 0.1) is 0 Å². The molecule has 0 aliphatic carbocycles. The number of carbonyl (C=O) groups is 1. The van der Waals surface area contributed by atoms with E-state index in [1.165, 1.54) is 7.11 Å². The van der Waals surface area contributed by atoms with E-state index in [1.54, 1.807) is 12.1 Å². The molecular weight excluding hydrogens is 278 g/mol. The third-order valence-corrected chi connectivity index (χ3v) is 5.26. The van der Waals surface area contributed by atoms with Gasteiger partial charge in [0.15, 0.2) is 0 Å². The molecule has 20 heavy (non-hydrogen) atoms. The average molecular weight is 297 g/mol. The lowest BCUT2D eigenvalue weighted by Gasteiger charge is -2.19. The number of ether oxygens (including phenoxy) is 1. The van der Waals surface area contributed by atoms with Gasteiger partial charge in [-0.25, -0.2) is 8.42 Å². The maximum Gasteiger partial charge on any atom is 0.325 e. The fourth-order valence-corrected chi connectivity index (χ4v) is 3.49. The number of esters is 1. The minimum Gasteiger partial charge on any atom is -0.468 e. The van der Waals surface area contributed by atoms with Crippen LogP contribution in [0.15, 0.2) is 29.2 Å². The van der Waals surface area contributed by atoms with Crippen LogP contribution in [0.1, 0.15) is 26.3 Å². The standard InChI is InChI=1S/C14H19NO4S/c1-14(2,3)10-5-7-11(8-6-10)20(17,18)15-9-12(15)13(16)19-4/h5-8,12H,9H2,1-4H3. The van der Waals surface area contributed by atoms with Crippen LogP contribution >= 0.6 is 0 Å². The monoisotopic (exact) mass is 297 g/mol. The fraction of sp³-hybridized carbons (Fsp3) is 0.500. The highest BCUT2D eigenvalue weighted by molar-refractivity contribution is 7.89. The van der Waals surface area contributed by atoms with E-state index in [9.17, 15) is 13.2 Å². The molecule has 1 heterocycles. The Morgan fingerprint density at radius 1 is 1.25 bits per heavy atom. The largest absolute Gasteiger partial charge is 0.468 e. The Balaban J connectivity index is 2.22. The van der Waals surface area contributed by atoms with Crippen LogP contribution in [0.25, 0.3) is 0 Å². The Morgan fingerprint density at radius 2 is 1.80 bits per heavy atom. The summed E-state index contributed by atoms with van der Waals surface area (Å²) >= 11 is 0. The highest BCUT2D eigenvalue weighted by Crippen LogP contribution is 2.30. The third-order valence-electron chi connectivity index (χ3n) is 3.37. The summed E-state index contributed by atoms with van der Waals surface area (Å²) in [6.07, 6.45) is 0. The first-order chi connectivity index (χ1) is 9.17. The second-order valence-corrected chi connectivity index (χ2v) is 7.78. The van der Waals surface area contributed by atoms with Crippen LogP contribution in [0.2, 0.25) is 0 Å². The van der Waals surface area contributed by atoms with Crippen molar-refractivity contribution in [1.82, 2.24) is 4.31 Å². The molecular formula is C14H19NO4S. The zero-order valence-electron chi connectivity index (χ0n) is 12.1. The van der Waals surface area contributed by atoms with E-state index >= 15 is 0 Å². The van der Waals surface area contributed by atoms with Gasteiger partial charge >= 0.3 is 5.97 Å². The quantitative estimate of drug-likeness (QED) is 0.627. The van der Waals surface area contributed by atoms with Crippen molar-refractivity contribution in [2.45, 2.75) is 37.1 Å². The second-order valence-electron chi connectivity index (χ2n) is 5.89. The molecule has 1 saturated heterocycles. The van der Waals surface area contributed by atoms with Crippen molar-refractivity contribution >= 4 is 16.0 Å². The van der Waals surface area contributed by atoms with Crippen LogP contribution in [-0.4, -0.2) is 38.4 Å². The van der Waals surface area contributed by atoms with E-state index in [-0.39, 0.29) is 16.9 Å². The molecule has 0 N–H and O–H groups in total. The summed E-state index contributed by atoms with van der Waals surface area (Å²) in [5, 5.41) is 0. The van der Waals surface area contributed by atoms with Gasteiger partial charge in [0.05, 0.1) is 12.0 Å². The van der Waals surface area contributed by atoms with Crippen LogP contribution in [-0.2, 0) is 25.0 Å². The summed E-state index contributed by atoms with van der Waals surface area (Å²) in [6.45, 7) is 6.38. The highest BCUT2D eigenvalue weighted by Gasteiger charge is 2.50. The minimum atomic E-state index is -3.60. The van der Waals surface area contributed by atoms with Gasteiger partial charge in [0.1, 0.15) is 6.04 Å². The Bertz CT molecular complexity index is 614. The summed E-state index contributed by atoms with van der Waals surface area (Å²) in [5.74, 6) is -0.514. The van der Waals surface area contributed by atoms with E-state index in [0.29, 0.717) is 0 Å². The van der Waals surface area contributed by atoms with E-state index < -0.39 is 22.0 Å². The molecule has 1 aliphatic heterocycles. The predicted molar refractivity (Wildman–Crippen MR) is 74.8 cm³/mol. The van der Waals surface area contributed by atoms with Crippen LogP contribution < -0.4 is 0 Å². The van der Waals surface area contributed by atoms with Crippen molar-refractivity contribution in [3.63, 3.8) is 0 Å². The Labute approximate surface area is 119 Å². The minimum absolute atomic E-state index is 0.0310. The number of hydrogen-bond donors (Lipinski definition) is 0. The van der Waals surface area contributed by atoms with Crippen LogP contribution in [0.3, 0.4) is 0 Å².